The van der Waals surface area contributed by atoms with E-state index in [1.54, 1.807) is 7.11 Å². The Kier molecular flexibility index (Phi) is 6.62. The van der Waals surface area contributed by atoms with Gasteiger partial charge >= 0.3 is 0 Å². The van der Waals surface area contributed by atoms with Crippen molar-refractivity contribution in [2.75, 3.05) is 7.11 Å². The third-order valence-electron chi connectivity index (χ3n) is 3.58. The molecule has 0 spiro atoms. The predicted octanol–water partition coefficient (Wildman–Crippen LogP) is 3.71. The van der Waals surface area contributed by atoms with E-state index in [9.17, 15) is 0 Å². The molecule has 0 amide bonds. The third-order valence-corrected chi connectivity index (χ3v) is 7.44. The largest absolute Gasteiger partial charge is 0.395 e. The van der Waals surface area contributed by atoms with Crippen LogP contribution in [-0.2, 0) is 9.16 Å². The summed E-state index contributed by atoms with van der Waals surface area (Å²) in [6.07, 6.45) is 7.06. The van der Waals surface area contributed by atoms with Gasteiger partial charge in [0.2, 0.25) is 0 Å². The van der Waals surface area contributed by atoms with Gasteiger partial charge in [0, 0.05) is 7.11 Å². The Morgan fingerprint density at radius 3 is 2.25 bits per heavy atom. The summed E-state index contributed by atoms with van der Waals surface area (Å²) < 4.78 is 11.4. The molecule has 1 fully saturated rings. The Morgan fingerprint density at radius 1 is 1.12 bits per heavy atom. The van der Waals surface area contributed by atoms with Crippen LogP contribution in [0.4, 0.5) is 0 Å². The zero-order valence-corrected chi connectivity index (χ0v) is 12.5. The van der Waals surface area contributed by atoms with Crippen molar-refractivity contribution < 1.29 is 9.16 Å². The smallest absolute Gasteiger partial charge is 0.183 e. The fourth-order valence-corrected chi connectivity index (χ4v) is 6.10. The van der Waals surface area contributed by atoms with Crippen LogP contribution in [0, 0.1) is 5.92 Å². The van der Waals surface area contributed by atoms with Gasteiger partial charge in [-0.3, -0.25) is 0 Å². The maximum Gasteiger partial charge on any atom is 0.183 e. The van der Waals surface area contributed by atoms with Crippen molar-refractivity contribution in [2.24, 2.45) is 5.92 Å². The van der Waals surface area contributed by atoms with E-state index >= 15 is 0 Å². The van der Waals surface area contributed by atoms with Gasteiger partial charge in [0.15, 0.2) is 9.04 Å². The Hall–Kier alpha value is 0.137. The molecule has 1 saturated carbocycles. The Labute approximate surface area is 102 Å². The van der Waals surface area contributed by atoms with E-state index < -0.39 is 9.04 Å². The van der Waals surface area contributed by atoms with Crippen molar-refractivity contribution in [3.8, 4) is 0 Å². The van der Waals surface area contributed by atoms with Gasteiger partial charge in [0.25, 0.3) is 0 Å². The lowest BCUT2D eigenvalue weighted by Gasteiger charge is -2.31. The maximum atomic E-state index is 6.17. The average Bonchev–Trinajstić information content (AvgIpc) is 2.28. The van der Waals surface area contributed by atoms with E-state index in [2.05, 4.69) is 13.8 Å². The van der Waals surface area contributed by atoms with Gasteiger partial charge in [-0.05, 0) is 24.4 Å². The lowest BCUT2D eigenvalue weighted by molar-refractivity contribution is -0.0435. The summed E-state index contributed by atoms with van der Waals surface area (Å²) in [6, 6.07) is 1.30. The van der Waals surface area contributed by atoms with Crippen molar-refractivity contribution >= 4 is 9.04 Å². The number of methoxy groups -OCH3 is 1. The van der Waals surface area contributed by atoms with Crippen LogP contribution < -0.4 is 0 Å². The van der Waals surface area contributed by atoms with E-state index in [-0.39, 0.29) is 6.29 Å². The summed E-state index contributed by atoms with van der Waals surface area (Å²) >= 11 is 0. The molecule has 1 aliphatic rings. The Morgan fingerprint density at radius 2 is 1.75 bits per heavy atom. The lowest BCUT2D eigenvalue weighted by Crippen LogP contribution is -2.32. The SMILES string of the molecule is COC(C)O[SiH](CC(C)C)C1CCCCC1. The van der Waals surface area contributed by atoms with Gasteiger partial charge in [-0.25, -0.2) is 0 Å². The molecule has 0 bridgehead atoms. The molecule has 0 heterocycles. The molecule has 0 radical (unpaired) electrons. The summed E-state index contributed by atoms with van der Waals surface area (Å²) in [5, 5.41) is 0. The van der Waals surface area contributed by atoms with Crippen LogP contribution in [0.3, 0.4) is 0 Å². The first-order valence-corrected chi connectivity index (χ1v) is 8.77. The molecule has 1 rings (SSSR count). The summed E-state index contributed by atoms with van der Waals surface area (Å²) in [7, 11) is 0.669. The molecule has 0 aromatic heterocycles. The topological polar surface area (TPSA) is 18.5 Å². The van der Waals surface area contributed by atoms with Crippen molar-refractivity contribution in [3.05, 3.63) is 0 Å². The molecule has 2 unspecified atom stereocenters. The van der Waals surface area contributed by atoms with E-state index in [0.717, 1.165) is 11.5 Å². The first-order chi connectivity index (χ1) is 7.63. The zero-order chi connectivity index (χ0) is 12.0. The van der Waals surface area contributed by atoms with Crippen molar-refractivity contribution in [1.82, 2.24) is 0 Å². The number of hydrogen-bond donors (Lipinski definition) is 0. The first-order valence-electron chi connectivity index (χ1n) is 6.81. The molecule has 2 atom stereocenters. The minimum Gasteiger partial charge on any atom is -0.395 e. The van der Waals surface area contributed by atoms with E-state index in [1.807, 2.05) is 6.92 Å². The minimum atomic E-state index is -1.07. The van der Waals surface area contributed by atoms with Gasteiger partial charge < -0.3 is 9.16 Å². The van der Waals surface area contributed by atoms with Gasteiger partial charge in [-0.2, -0.15) is 0 Å². The lowest BCUT2D eigenvalue weighted by atomic mass is 10.0. The van der Waals surface area contributed by atoms with Gasteiger partial charge in [0.05, 0.1) is 0 Å². The predicted molar refractivity (Wildman–Crippen MR) is 71.2 cm³/mol. The second-order valence-corrected chi connectivity index (χ2v) is 8.27. The highest BCUT2D eigenvalue weighted by molar-refractivity contribution is 6.53. The highest BCUT2D eigenvalue weighted by Gasteiger charge is 2.28. The fraction of sp³-hybridized carbons (Fsp3) is 1.00. The van der Waals surface area contributed by atoms with E-state index in [4.69, 9.17) is 9.16 Å². The van der Waals surface area contributed by atoms with Crippen LogP contribution in [0.25, 0.3) is 0 Å². The van der Waals surface area contributed by atoms with Crippen LogP contribution >= 0.6 is 0 Å². The summed E-state index contributed by atoms with van der Waals surface area (Å²) in [5.74, 6) is 0.766. The molecule has 2 nitrogen and oxygen atoms in total. The molecule has 0 N–H and O–H groups in total. The molecule has 0 aromatic rings. The van der Waals surface area contributed by atoms with Crippen molar-refractivity contribution in [1.29, 1.82) is 0 Å². The number of ether oxygens (including phenoxy) is 1. The first kappa shape index (κ1) is 14.2. The molecule has 16 heavy (non-hydrogen) atoms. The standard InChI is InChI=1S/C13H28O2Si/c1-11(2)10-16(15-12(3)14-4)13-8-6-5-7-9-13/h11-13,16H,5-10H2,1-4H3. The molecule has 0 aromatic carbocycles. The normalized spacial score (nSPS) is 22.3. The molecular weight excluding hydrogens is 216 g/mol. The quantitative estimate of drug-likeness (QED) is 0.524. The van der Waals surface area contributed by atoms with E-state index in [0.29, 0.717) is 0 Å². The third kappa shape index (κ3) is 4.98. The van der Waals surface area contributed by atoms with Crippen molar-refractivity contribution in [3.63, 3.8) is 0 Å². The average molecular weight is 244 g/mol. The second-order valence-electron chi connectivity index (χ2n) is 5.51. The number of hydrogen-bond acceptors (Lipinski definition) is 2. The van der Waals surface area contributed by atoms with Crippen LogP contribution in [0.5, 0.6) is 0 Å². The van der Waals surface area contributed by atoms with Crippen LogP contribution in [0.2, 0.25) is 11.6 Å². The van der Waals surface area contributed by atoms with Gasteiger partial charge in [-0.15, -0.1) is 0 Å². The number of rotatable bonds is 6. The molecule has 3 heteroatoms. The zero-order valence-electron chi connectivity index (χ0n) is 11.4. The van der Waals surface area contributed by atoms with Gasteiger partial charge in [-0.1, -0.05) is 46.0 Å². The van der Waals surface area contributed by atoms with E-state index in [1.165, 1.54) is 38.1 Å². The summed E-state index contributed by atoms with van der Waals surface area (Å²) in [6.45, 7) is 6.65. The highest BCUT2D eigenvalue weighted by atomic mass is 28.3. The molecule has 96 valence electrons. The monoisotopic (exact) mass is 244 g/mol. The van der Waals surface area contributed by atoms with Crippen LogP contribution in [0.1, 0.15) is 52.9 Å². The Balaban J connectivity index is 2.47. The summed E-state index contributed by atoms with van der Waals surface area (Å²) in [5.41, 5.74) is 0.897. The fourth-order valence-electron chi connectivity index (χ4n) is 2.63. The van der Waals surface area contributed by atoms with Gasteiger partial charge in [0.1, 0.15) is 6.29 Å². The molecule has 1 aliphatic carbocycles. The Bertz CT molecular complexity index is 179. The molecule has 0 saturated heterocycles. The van der Waals surface area contributed by atoms with Crippen LogP contribution in [-0.4, -0.2) is 22.4 Å². The molecule has 0 aliphatic heterocycles. The second kappa shape index (κ2) is 7.46. The maximum absolute atomic E-state index is 6.17. The highest BCUT2D eigenvalue weighted by Crippen LogP contribution is 2.34. The molecular formula is C13H28O2Si. The summed E-state index contributed by atoms with van der Waals surface area (Å²) in [4.78, 5) is 0. The van der Waals surface area contributed by atoms with Crippen LogP contribution in [0.15, 0.2) is 0 Å². The minimum absolute atomic E-state index is 0.00246. The van der Waals surface area contributed by atoms with Crippen molar-refractivity contribution in [2.45, 2.75) is 70.8 Å².